The molecule has 2 heterocycles. The third kappa shape index (κ3) is 2.29. The first-order valence-corrected chi connectivity index (χ1v) is 6.12. The summed E-state index contributed by atoms with van der Waals surface area (Å²) in [6.07, 6.45) is 6.59. The molecule has 0 bridgehead atoms. The van der Waals surface area contributed by atoms with Crippen LogP contribution in [0.3, 0.4) is 0 Å². The van der Waals surface area contributed by atoms with Crippen LogP contribution in [0.1, 0.15) is 38.1 Å². The summed E-state index contributed by atoms with van der Waals surface area (Å²) in [4.78, 5) is 12.1. The number of aryl methyl sites for hydroxylation is 1. The smallest absolute Gasteiger partial charge is 0.243 e. The van der Waals surface area contributed by atoms with Crippen LogP contribution in [-0.2, 0) is 12.8 Å². The summed E-state index contributed by atoms with van der Waals surface area (Å²) in [7, 11) is 0. The van der Waals surface area contributed by atoms with E-state index in [1.54, 1.807) is 0 Å². The summed E-state index contributed by atoms with van der Waals surface area (Å²) in [6.45, 7) is 4.11. The van der Waals surface area contributed by atoms with Gasteiger partial charge in [-0.1, -0.05) is 30.7 Å². The lowest BCUT2D eigenvalue weighted by atomic mass is 10.1. The molecule has 0 N–H and O–H groups in total. The molecule has 0 saturated carbocycles. The topological polar surface area (TPSA) is 78.5 Å². The van der Waals surface area contributed by atoms with Gasteiger partial charge < -0.3 is 0 Å². The molecule has 2 rings (SSSR count). The van der Waals surface area contributed by atoms with Gasteiger partial charge in [-0.2, -0.15) is 9.36 Å². The summed E-state index contributed by atoms with van der Waals surface area (Å²) in [5.74, 6) is 0. The van der Waals surface area contributed by atoms with Gasteiger partial charge in [0.05, 0.1) is 23.8 Å². The van der Waals surface area contributed by atoms with E-state index < -0.39 is 0 Å². The van der Waals surface area contributed by atoms with E-state index >= 15 is 0 Å². The quantitative estimate of drug-likeness (QED) is 0.814. The molecular formula is C11H16N6O. The largest absolute Gasteiger partial charge is 0.372 e. The average molecular weight is 248 g/mol. The van der Waals surface area contributed by atoms with Crippen molar-refractivity contribution >= 4 is 6.03 Å². The minimum absolute atomic E-state index is 0.342. The molecule has 2 aromatic rings. The van der Waals surface area contributed by atoms with E-state index in [0.29, 0.717) is 0 Å². The Kier molecular flexibility index (Phi) is 3.81. The van der Waals surface area contributed by atoms with Crippen LogP contribution in [0, 0.1) is 0 Å². The van der Waals surface area contributed by atoms with E-state index in [4.69, 9.17) is 0 Å². The average Bonchev–Trinajstić information content (AvgIpc) is 3.04. The summed E-state index contributed by atoms with van der Waals surface area (Å²) in [6, 6.07) is -0.342. The fourth-order valence-electron chi connectivity index (χ4n) is 1.76. The van der Waals surface area contributed by atoms with Crippen LogP contribution in [-0.4, -0.2) is 36.0 Å². The van der Waals surface area contributed by atoms with Crippen molar-refractivity contribution in [3.05, 3.63) is 23.8 Å². The number of nitrogens with zero attached hydrogens (tertiary/aromatic N) is 6. The first-order valence-electron chi connectivity index (χ1n) is 6.12. The minimum atomic E-state index is -0.342. The highest BCUT2D eigenvalue weighted by atomic mass is 16.2. The second-order valence-corrected chi connectivity index (χ2v) is 3.98. The Balaban J connectivity index is 2.32. The standard InChI is InChI=1S/C11H16N6O/c1-3-5-6-10-9(4-2)13-15-17(10)11(18)16-8-7-12-14-16/h7-8H,3-6H2,1-2H3. The SMILES string of the molecule is CCCCc1c(CC)nnn1C(=O)n1ccnn1. The van der Waals surface area contributed by atoms with Gasteiger partial charge in [-0.05, 0) is 19.3 Å². The monoisotopic (exact) mass is 248 g/mol. The van der Waals surface area contributed by atoms with Crippen molar-refractivity contribution in [2.75, 3.05) is 0 Å². The van der Waals surface area contributed by atoms with E-state index in [1.165, 1.54) is 17.1 Å². The number of rotatable bonds is 4. The Morgan fingerprint density at radius 3 is 2.78 bits per heavy atom. The molecule has 0 aliphatic heterocycles. The van der Waals surface area contributed by atoms with Crippen molar-refractivity contribution < 1.29 is 4.79 Å². The maximum Gasteiger partial charge on any atom is 0.372 e. The maximum absolute atomic E-state index is 12.1. The van der Waals surface area contributed by atoms with E-state index in [0.717, 1.165) is 41.8 Å². The normalized spacial score (nSPS) is 10.8. The van der Waals surface area contributed by atoms with Crippen LogP contribution in [0.2, 0.25) is 0 Å². The maximum atomic E-state index is 12.1. The Morgan fingerprint density at radius 2 is 2.17 bits per heavy atom. The zero-order valence-corrected chi connectivity index (χ0v) is 10.6. The Bertz CT molecular complexity index is 516. The van der Waals surface area contributed by atoms with Crippen LogP contribution < -0.4 is 0 Å². The summed E-state index contributed by atoms with van der Waals surface area (Å²) in [5, 5.41) is 15.3. The zero-order valence-electron chi connectivity index (χ0n) is 10.6. The number of carbonyl (C=O) groups is 1. The molecule has 96 valence electrons. The van der Waals surface area contributed by atoms with Crippen LogP contribution in [0.15, 0.2) is 12.4 Å². The van der Waals surface area contributed by atoms with Gasteiger partial charge >= 0.3 is 6.03 Å². The molecule has 0 fully saturated rings. The molecule has 2 aromatic heterocycles. The van der Waals surface area contributed by atoms with Gasteiger partial charge in [-0.15, -0.1) is 10.2 Å². The Hall–Kier alpha value is -2.05. The van der Waals surface area contributed by atoms with E-state index in [1.807, 2.05) is 6.92 Å². The van der Waals surface area contributed by atoms with Gasteiger partial charge in [0.2, 0.25) is 0 Å². The zero-order chi connectivity index (χ0) is 13.0. The lowest BCUT2D eigenvalue weighted by Gasteiger charge is -2.05. The molecule has 0 spiro atoms. The van der Waals surface area contributed by atoms with Crippen molar-refractivity contribution in [3.63, 3.8) is 0 Å². The number of hydrogen-bond donors (Lipinski definition) is 0. The highest BCUT2D eigenvalue weighted by Gasteiger charge is 2.18. The van der Waals surface area contributed by atoms with Gasteiger partial charge in [-0.25, -0.2) is 4.79 Å². The number of unbranched alkanes of at least 4 members (excludes halogenated alkanes) is 1. The molecule has 7 nitrogen and oxygen atoms in total. The molecule has 0 saturated heterocycles. The van der Waals surface area contributed by atoms with E-state index in [9.17, 15) is 4.79 Å². The lowest BCUT2D eigenvalue weighted by molar-refractivity contribution is 0.236. The fraction of sp³-hybridized carbons (Fsp3) is 0.545. The van der Waals surface area contributed by atoms with Crippen molar-refractivity contribution in [3.8, 4) is 0 Å². The van der Waals surface area contributed by atoms with Crippen molar-refractivity contribution in [1.82, 2.24) is 30.0 Å². The van der Waals surface area contributed by atoms with Gasteiger partial charge in [0.15, 0.2) is 0 Å². The minimum Gasteiger partial charge on any atom is -0.243 e. The highest BCUT2D eigenvalue weighted by Crippen LogP contribution is 2.10. The molecule has 0 amide bonds. The van der Waals surface area contributed by atoms with Crippen molar-refractivity contribution in [2.24, 2.45) is 0 Å². The van der Waals surface area contributed by atoms with Crippen LogP contribution in [0.25, 0.3) is 0 Å². The molecule has 7 heteroatoms. The fourth-order valence-corrected chi connectivity index (χ4v) is 1.76. The predicted octanol–water partition coefficient (Wildman–Crippen LogP) is 1.29. The molecule has 0 unspecified atom stereocenters. The number of aromatic nitrogens is 6. The summed E-state index contributed by atoms with van der Waals surface area (Å²) in [5.41, 5.74) is 1.75. The molecule has 0 aliphatic rings. The summed E-state index contributed by atoms with van der Waals surface area (Å²) >= 11 is 0. The number of hydrogen-bond acceptors (Lipinski definition) is 5. The van der Waals surface area contributed by atoms with Crippen LogP contribution in [0.5, 0.6) is 0 Å². The molecule has 0 radical (unpaired) electrons. The number of carbonyl (C=O) groups excluding carboxylic acids is 1. The Labute approximate surface area is 105 Å². The van der Waals surface area contributed by atoms with E-state index in [2.05, 4.69) is 27.5 Å². The first kappa shape index (κ1) is 12.4. The molecule has 0 atom stereocenters. The third-order valence-electron chi connectivity index (χ3n) is 2.75. The summed E-state index contributed by atoms with van der Waals surface area (Å²) < 4.78 is 2.48. The van der Waals surface area contributed by atoms with Gasteiger partial charge in [0.1, 0.15) is 0 Å². The van der Waals surface area contributed by atoms with Crippen molar-refractivity contribution in [1.29, 1.82) is 0 Å². The predicted molar refractivity (Wildman–Crippen MR) is 64.2 cm³/mol. The van der Waals surface area contributed by atoms with Crippen molar-refractivity contribution in [2.45, 2.75) is 39.5 Å². The molecular weight excluding hydrogens is 232 g/mol. The first-order chi connectivity index (χ1) is 8.77. The lowest BCUT2D eigenvalue weighted by Crippen LogP contribution is -2.23. The highest BCUT2D eigenvalue weighted by molar-refractivity contribution is 5.77. The van der Waals surface area contributed by atoms with Gasteiger partial charge in [0, 0.05) is 0 Å². The van der Waals surface area contributed by atoms with Crippen LogP contribution >= 0.6 is 0 Å². The Morgan fingerprint density at radius 1 is 1.33 bits per heavy atom. The second kappa shape index (κ2) is 5.52. The van der Waals surface area contributed by atoms with Gasteiger partial charge in [0.25, 0.3) is 0 Å². The van der Waals surface area contributed by atoms with Crippen LogP contribution in [0.4, 0.5) is 4.79 Å². The van der Waals surface area contributed by atoms with E-state index in [-0.39, 0.29) is 6.03 Å². The van der Waals surface area contributed by atoms with Gasteiger partial charge in [-0.3, -0.25) is 0 Å². The molecule has 18 heavy (non-hydrogen) atoms. The third-order valence-corrected chi connectivity index (χ3v) is 2.75. The second-order valence-electron chi connectivity index (χ2n) is 3.98. The molecule has 0 aromatic carbocycles. The molecule has 0 aliphatic carbocycles.